The van der Waals surface area contributed by atoms with Gasteiger partial charge < -0.3 is 10.6 Å². The van der Waals surface area contributed by atoms with E-state index in [0.29, 0.717) is 6.42 Å². The molecule has 0 fully saturated rings. The number of amides is 1. The molecule has 0 bridgehead atoms. The third kappa shape index (κ3) is 4.40. The lowest BCUT2D eigenvalue weighted by molar-refractivity contribution is -0.131. The lowest BCUT2D eigenvalue weighted by Gasteiger charge is -2.20. The predicted octanol–water partition coefficient (Wildman–Crippen LogP) is 2.85. The number of nitrogens with two attached hydrogens (primary N) is 1. The third-order valence-corrected chi connectivity index (χ3v) is 3.18. The molecule has 1 aromatic rings. The number of nitrogen functional groups attached to an aromatic ring is 1. The van der Waals surface area contributed by atoms with Gasteiger partial charge in [-0.3, -0.25) is 4.79 Å². The summed E-state index contributed by atoms with van der Waals surface area (Å²) in [6.45, 7) is 5.84. The van der Waals surface area contributed by atoms with Crippen molar-refractivity contribution in [3.8, 4) is 0 Å². The molecular weight excluding hydrogens is 224 g/mol. The average molecular weight is 248 g/mol. The van der Waals surface area contributed by atoms with Crippen LogP contribution in [0.2, 0.25) is 0 Å². The van der Waals surface area contributed by atoms with Gasteiger partial charge in [-0.2, -0.15) is 0 Å². The summed E-state index contributed by atoms with van der Waals surface area (Å²) in [4.78, 5) is 14.0. The Balaban J connectivity index is 2.47. The van der Waals surface area contributed by atoms with Crippen LogP contribution in [0.15, 0.2) is 24.3 Å². The summed E-state index contributed by atoms with van der Waals surface area (Å²) in [5, 5.41) is 0. The number of aryl methyl sites for hydroxylation is 1. The molecule has 1 rings (SSSR count). The maximum atomic E-state index is 12.0. The predicted molar refractivity (Wildman–Crippen MR) is 76.3 cm³/mol. The topological polar surface area (TPSA) is 46.3 Å². The molecule has 0 saturated carbocycles. The molecule has 1 aromatic carbocycles. The van der Waals surface area contributed by atoms with Gasteiger partial charge in [0.25, 0.3) is 0 Å². The van der Waals surface area contributed by atoms with Gasteiger partial charge in [-0.25, -0.2) is 0 Å². The fourth-order valence-electron chi connectivity index (χ4n) is 1.97. The zero-order valence-corrected chi connectivity index (χ0v) is 11.5. The molecule has 2 N–H and O–H groups in total. The molecule has 3 nitrogen and oxygen atoms in total. The van der Waals surface area contributed by atoms with E-state index >= 15 is 0 Å². The number of hydrogen-bond acceptors (Lipinski definition) is 2. The van der Waals surface area contributed by atoms with Gasteiger partial charge in [0, 0.05) is 25.2 Å². The van der Waals surface area contributed by atoms with Gasteiger partial charge in [0.05, 0.1) is 0 Å². The molecule has 0 saturated heterocycles. The fraction of sp³-hybridized carbons (Fsp3) is 0.533. The van der Waals surface area contributed by atoms with Crippen LogP contribution in [0.1, 0.15) is 38.7 Å². The van der Waals surface area contributed by atoms with Crippen molar-refractivity contribution in [1.29, 1.82) is 0 Å². The van der Waals surface area contributed by atoms with Crippen molar-refractivity contribution in [1.82, 2.24) is 4.90 Å². The van der Waals surface area contributed by atoms with Gasteiger partial charge in [0.15, 0.2) is 0 Å². The molecule has 0 aromatic heterocycles. The molecule has 0 atom stereocenters. The van der Waals surface area contributed by atoms with Crippen molar-refractivity contribution in [2.24, 2.45) is 0 Å². The first-order valence-electron chi connectivity index (χ1n) is 6.80. The Hall–Kier alpha value is -1.51. The Kier molecular flexibility index (Phi) is 6.26. The number of nitrogens with zero attached hydrogens (tertiary/aromatic N) is 1. The summed E-state index contributed by atoms with van der Waals surface area (Å²) in [6, 6.07) is 7.75. The highest BCUT2D eigenvalue weighted by atomic mass is 16.2. The van der Waals surface area contributed by atoms with E-state index in [0.717, 1.165) is 43.6 Å². The van der Waals surface area contributed by atoms with Crippen LogP contribution in [0.4, 0.5) is 5.69 Å². The summed E-state index contributed by atoms with van der Waals surface area (Å²) < 4.78 is 0. The quantitative estimate of drug-likeness (QED) is 0.754. The molecule has 0 aliphatic heterocycles. The van der Waals surface area contributed by atoms with E-state index in [9.17, 15) is 4.79 Å². The minimum Gasteiger partial charge on any atom is -0.399 e. The molecule has 100 valence electrons. The van der Waals surface area contributed by atoms with Crippen molar-refractivity contribution in [3.05, 3.63) is 29.8 Å². The average Bonchev–Trinajstić information content (AvgIpc) is 2.38. The normalized spacial score (nSPS) is 10.3. The second kappa shape index (κ2) is 7.75. The van der Waals surface area contributed by atoms with Gasteiger partial charge in [0.2, 0.25) is 5.91 Å². The molecule has 3 heteroatoms. The smallest absolute Gasteiger partial charge is 0.222 e. The number of benzene rings is 1. The van der Waals surface area contributed by atoms with Crippen molar-refractivity contribution in [3.63, 3.8) is 0 Å². The van der Waals surface area contributed by atoms with E-state index in [1.54, 1.807) is 0 Å². The van der Waals surface area contributed by atoms with E-state index < -0.39 is 0 Å². The Morgan fingerprint density at radius 2 is 2.00 bits per heavy atom. The van der Waals surface area contributed by atoms with Gasteiger partial charge in [0.1, 0.15) is 0 Å². The molecule has 1 amide bonds. The van der Waals surface area contributed by atoms with Crippen molar-refractivity contribution < 1.29 is 4.79 Å². The second-order valence-corrected chi connectivity index (χ2v) is 4.53. The Labute approximate surface area is 110 Å². The monoisotopic (exact) mass is 248 g/mol. The van der Waals surface area contributed by atoms with E-state index in [-0.39, 0.29) is 5.91 Å². The summed E-state index contributed by atoms with van der Waals surface area (Å²) in [6.07, 6.45) is 3.47. The van der Waals surface area contributed by atoms with Gasteiger partial charge in [-0.1, -0.05) is 31.5 Å². The maximum absolute atomic E-state index is 12.0. The van der Waals surface area contributed by atoms with Crippen LogP contribution < -0.4 is 5.73 Å². The van der Waals surface area contributed by atoms with Crippen LogP contribution in [0.5, 0.6) is 0 Å². The molecule has 0 aliphatic rings. The van der Waals surface area contributed by atoms with Crippen LogP contribution in [0.3, 0.4) is 0 Å². The molecule has 0 radical (unpaired) electrons. The molecule has 0 unspecified atom stereocenters. The van der Waals surface area contributed by atoms with Crippen molar-refractivity contribution in [2.45, 2.75) is 39.5 Å². The van der Waals surface area contributed by atoms with E-state index in [1.807, 2.05) is 36.1 Å². The first-order chi connectivity index (χ1) is 8.69. The number of unbranched alkanes of at least 4 members (excludes halogenated alkanes) is 1. The van der Waals surface area contributed by atoms with E-state index in [1.165, 1.54) is 0 Å². The first kappa shape index (κ1) is 14.6. The second-order valence-electron chi connectivity index (χ2n) is 4.53. The minimum atomic E-state index is 0.231. The molecule has 0 spiro atoms. The zero-order chi connectivity index (χ0) is 13.4. The van der Waals surface area contributed by atoms with E-state index in [4.69, 9.17) is 5.73 Å². The lowest BCUT2D eigenvalue weighted by Crippen LogP contribution is -2.31. The summed E-state index contributed by atoms with van der Waals surface area (Å²) in [5.41, 5.74) is 7.72. The van der Waals surface area contributed by atoms with Crippen LogP contribution >= 0.6 is 0 Å². The van der Waals surface area contributed by atoms with Crippen LogP contribution in [-0.4, -0.2) is 23.9 Å². The first-order valence-corrected chi connectivity index (χ1v) is 6.80. The lowest BCUT2D eigenvalue weighted by atomic mass is 10.1. The number of para-hydroxylation sites is 1. The zero-order valence-electron chi connectivity index (χ0n) is 11.5. The van der Waals surface area contributed by atoms with Gasteiger partial charge in [-0.05, 0) is 31.4 Å². The third-order valence-electron chi connectivity index (χ3n) is 3.18. The molecule has 0 aliphatic carbocycles. The highest BCUT2D eigenvalue weighted by Gasteiger charge is 2.11. The van der Waals surface area contributed by atoms with Crippen LogP contribution in [-0.2, 0) is 11.2 Å². The highest BCUT2D eigenvalue weighted by molar-refractivity contribution is 5.76. The largest absolute Gasteiger partial charge is 0.399 e. The van der Waals surface area contributed by atoms with Crippen LogP contribution in [0, 0.1) is 0 Å². The molecular formula is C15H24N2O. The number of rotatable bonds is 7. The van der Waals surface area contributed by atoms with Crippen molar-refractivity contribution >= 4 is 11.6 Å². The summed E-state index contributed by atoms with van der Waals surface area (Å²) in [7, 11) is 0. The highest BCUT2D eigenvalue weighted by Crippen LogP contribution is 2.13. The summed E-state index contributed by atoms with van der Waals surface area (Å²) in [5.74, 6) is 0.231. The van der Waals surface area contributed by atoms with E-state index in [2.05, 4.69) is 6.92 Å². The number of carbonyl (C=O) groups excluding carboxylic acids is 1. The number of anilines is 1. The summed E-state index contributed by atoms with van der Waals surface area (Å²) >= 11 is 0. The van der Waals surface area contributed by atoms with Gasteiger partial charge >= 0.3 is 0 Å². The van der Waals surface area contributed by atoms with Gasteiger partial charge in [-0.15, -0.1) is 0 Å². The number of carbonyl (C=O) groups is 1. The number of hydrogen-bond donors (Lipinski definition) is 1. The van der Waals surface area contributed by atoms with Crippen LogP contribution in [0.25, 0.3) is 0 Å². The molecule has 0 heterocycles. The SMILES string of the molecule is CCCCN(CC)C(=O)CCc1ccccc1N. The minimum absolute atomic E-state index is 0.231. The standard InChI is InChI=1S/C15H24N2O/c1-3-5-12-17(4-2)15(18)11-10-13-8-6-7-9-14(13)16/h6-9H,3-5,10-12,16H2,1-2H3. The maximum Gasteiger partial charge on any atom is 0.222 e. The Morgan fingerprint density at radius 3 is 2.61 bits per heavy atom. The Morgan fingerprint density at radius 1 is 1.28 bits per heavy atom. The van der Waals surface area contributed by atoms with Crippen molar-refractivity contribution in [2.75, 3.05) is 18.8 Å². The molecule has 18 heavy (non-hydrogen) atoms. The fourth-order valence-corrected chi connectivity index (χ4v) is 1.97. The Bertz CT molecular complexity index is 377.